The van der Waals surface area contributed by atoms with Crippen LogP contribution in [0.15, 0.2) is 43.0 Å². The lowest BCUT2D eigenvalue weighted by molar-refractivity contribution is -0.122. The van der Waals surface area contributed by atoms with Crippen molar-refractivity contribution in [3.05, 3.63) is 54.1 Å². The molecular formula is C25H24N8O2. The van der Waals surface area contributed by atoms with Crippen molar-refractivity contribution in [3.63, 3.8) is 0 Å². The molecule has 0 bridgehead atoms. The third-order valence-electron chi connectivity index (χ3n) is 6.78. The van der Waals surface area contributed by atoms with Crippen molar-refractivity contribution >= 4 is 40.0 Å². The Balaban J connectivity index is 1.25. The van der Waals surface area contributed by atoms with E-state index >= 15 is 0 Å². The molecule has 2 atom stereocenters. The van der Waals surface area contributed by atoms with Gasteiger partial charge >= 0.3 is 0 Å². The maximum Gasteiger partial charge on any atom is 0.229 e. The van der Waals surface area contributed by atoms with Gasteiger partial charge in [0, 0.05) is 55.5 Å². The molecule has 35 heavy (non-hydrogen) atoms. The molecule has 4 aromatic heterocycles. The first-order valence-corrected chi connectivity index (χ1v) is 11.5. The molecule has 3 N–H and O–H groups in total. The third-order valence-corrected chi connectivity index (χ3v) is 6.78. The van der Waals surface area contributed by atoms with Gasteiger partial charge in [-0.15, -0.1) is 0 Å². The van der Waals surface area contributed by atoms with Gasteiger partial charge in [0.2, 0.25) is 11.8 Å². The standard InChI is InChI=1S/C25H24N8O2/c1-13-5-22(33-4-3-23(33)34)28-10-18(13)20-6-14-7-21(27-11-19(14)24(26)30-20)31-25(35)17-8-16(17)15-9-29-32(2)12-15/h5-7,9-12,16-17H,3-4,8H2,1-2H3,(H2,26,30)(H,27,31,35)/t16-,17+/m1/s1. The predicted octanol–water partition coefficient (Wildman–Crippen LogP) is 2.79. The molecule has 2 aliphatic rings. The van der Waals surface area contributed by atoms with Gasteiger partial charge < -0.3 is 11.1 Å². The molecule has 0 aromatic carbocycles. The van der Waals surface area contributed by atoms with E-state index in [1.54, 1.807) is 22.0 Å². The lowest BCUT2D eigenvalue weighted by Crippen LogP contribution is -2.43. The number of hydrogen-bond donors (Lipinski definition) is 2. The van der Waals surface area contributed by atoms with Crippen LogP contribution in [0.3, 0.4) is 0 Å². The van der Waals surface area contributed by atoms with Crippen LogP contribution < -0.4 is 16.0 Å². The second-order valence-electron chi connectivity index (χ2n) is 9.22. The van der Waals surface area contributed by atoms with E-state index in [-0.39, 0.29) is 23.7 Å². The van der Waals surface area contributed by atoms with E-state index in [0.29, 0.717) is 41.5 Å². The van der Waals surface area contributed by atoms with Crippen LogP contribution >= 0.6 is 0 Å². The maximum atomic E-state index is 12.8. The average molecular weight is 469 g/mol. The lowest BCUT2D eigenvalue weighted by atomic mass is 10.0. The summed E-state index contributed by atoms with van der Waals surface area (Å²) in [6.45, 7) is 2.65. The monoisotopic (exact) mass is 468 g/mol. The number of β-lactam (4-membered cyclic amide) rings is 1. The first-order valence-electron chi connectivity index (χ1n) is 11.5. The highest BCUT2D eigenvalue weighted by atomic mass is 16.2. The van der Waals surface area contributed by atoms with Gasteiger partial charge in [-0.25, -0.2) is 15.0 Å². The number of anilines is 3. The van der Waals surface area contributed by atoms with Crippen molar-refractivity contribution in [1.29, 1.82) is 0 Å². The SMILES string of the molecule is Cc1cc(N2CCC2=O)ncc1-c1cc2cc(NC(=O)[C@H]3C[C@@H]3c3cnn(C)c3)ncc2c(N)n1. The molecule has 5 heterocycles. The number of nitrogens with zero attached hydrogens (tertiary/aromatic N) is 6. The molecule has 1 aliphatic carbocycles. The minimum absolute atomic E-state index is 0.0517. The summed E-state index contributed by atoms with van der Waals surface area (Å²) in [5, 5.41) is 8.66. The molecule has 6 rings (SSSR count). The molecule has 176 valence electrons. The summed E-state index contributed by atoms with van der Waals surface area (Å²) in [6.07, 6.45) is 8.48. The molecule has 1 saturated carbocycles. The van der Waals surface area contributed by atoms with Crippen molar-refractivity contribution < 1.29 is 9.59 Å². The van der Waals surface area contributed by atoms with Crippen LogP contribution in [0.25, 0.3) is 22.0 Å². The van der Waals surface area contributed by atoms with Crippen molar-refractivity contribution in [3.8, 4) is 11.3 Å². The van der Waals surface area contributed by atoms with Crippen molar-refractivity contribution in [2.45, 2.75) is 25.7 Å². The second kappa shape index (κ2) is 7.86. The van der Waals surface area contributed by atoms with E-state index in [2.05, 4.69) is 25.4 Å². The number of rotatable bonds is 5. The topological polar surface area (TPSA) is 132 Å². The van der Waals surface area contributed by atoms with Crippen LogP contribution in [-0.2, 0) is 16.6 Å². The largest absolute Gasteiger partial charge is 0.383 e. The van der Waals surface area contributed by atoms with Crippen LogP contribution in [-0.4, -0.2) is 43.1 Å². The molecule has 4 aromatic rings. The number of nitrogens with one attached hydrogen (secondary N) is 1. The van der Waals surface area contributed by atoms with Crippen molar-refractivity contribution in [2.75, 3.05) is 22.5 Å². The van der Waals surface area contributed by atoms with Gasteiger partial charge in [-0.05, 0) is 54.0 Å². The van der Waals surface area contributed by atoms with Gasteiger partial charge in [0.15, 0.2) is 0 Å². The van der Waals surface area contributed by atoms with Gasteiger partial charge in [0.1, 0.15) is 17.5 Å². The Hall–Kier alpha value is -4.34. The highest BCUT2D eigenvalue weighted by molar-refractivity contribution is 6.00. The van der Waals surface area contributed by atoms with Crippen molar-refractivity contribution in [1.82, 2.24) is 24.7 Å². The minimum Gasteiger partial charge on any atom is -0.383 e. The predicted molar refractivity (Wildman–Crippen MR) is 132 cm³/mol. The molecule has 10 nitrogen and oxygen atoms in total. The summed E-state index contributed by atoms with van der Waals surface area (Å²) in [6, 6.07) is 5.62. The van der Waals surface area contributed by atoms with Crippen molar-refractivity contribution in [2.24, 2.45) is 13.0 Å². The number of pyridine rings is 3. The van der Waals surface area contributed by atoms with E-state index < -0.39 is 0 Å². The Kier molecular flexibility index (Phi) is 4.77. The zero-order valence-electron chi connectivity index (χ0n) is 19.4. The minimum atomic E-state index is -0.0831. The van der Waals surface area contributed by atoms with Crippen LogP contribution in [0.5, 0.6) is 0 Å². The fraction of sp³-hybridized carbons (Fsp3) is 0.280. The van der Waals surface area contributed by atoms with E-state index in [1.807, 2.05) is 44.6 Å². The Morgan fingerprint density at radius 1 is 1.17 bits per heavy atom. The van der Waals surface area contributed by atoms with Crippen LogP contribution in [0.1, 0.15) is 29.9 Å². The highest BCUT2D eigenvalue weighted by Gasteiger charge is 2.44. The van der Waals surface area contributed by atoms with E-state index in [0.717, 1.165) is 28.5 Å². The smallest absolute Gasteiger partial charge is 0.229 e. The fourth-order valence-corrected chi connectivity index (χ4v) is 4.60. The number of aromatic nitrogens is 5. The van der Waals surface area contributed by atoms with E-state index in [4.69, 9.17) is 5.73 Å². The summed E-state index contributed by atoms with van der Waals surface area (Å²) in [7, 11) is 1.87. The van der Waals surface area contributed by atoms with Gasteiger partial charge in [0.25, 0.3) is 0 Å². The molecule has 0 unspecified atom stereocenters. The first kappa shape index (κ1) is 21.2. The summed E-state index contributed by atoms with van der Waals surface area (Å²) in [4.78, 5) is 39.6. The van der Waals surface area contributed by atoms with Crippen LogP contribution in [0.2, 0.25) is 0 Å². The Morgan fingerprint density at radius 3 is 2.71 bits per heavy atom. The number of amides is 2. The van der Waals surface area contributed by atoms with E-state index in [9.17, 15) is 9.59 Å². The number of nitrogens with two attached hydrogens (primary N) is 1. The molecule has 1 saturated heterocycles. The van der Waals surface area contributed by atoms with Gasteiger partial charge in [-0.3, -0.25) is 19.2 Å². The molecule has 10 heteroatoms. The molecule has 1 aliphatic heterocycles. The molecule has 0 radical (unpaired) electrons. The van der Waals surface area contributed by atoms with Gasteiger partial charge in [0.05, 0.1) is 11.9 Å². The van der Waals surface area contributed by atoms with E-state index in [1.165, 1.54) is 0 Å². The maximum absolute atomic E-state index is 12.8. The van der Waals surface area contributed by atoms with Crippen LogP contribution in [0.4, 0.5) is 17.5 Å². The van der Waals surface area contributed by atoms with Gasteiger partial charge in [-0.2, -0.15) is 5.10 Å². The zero-order valence-corrected chi connectivity index (χ0v) is 19.4. The first-order chi connectivity index (χ1) is 16.9. The number of nitrogen functional groups attached to an aromatic ring is 1. The molecule has 2 fully saturated rings. The molecular weight excluding hydrogens is 444 g/mol. The molecule has 0 spiro atoms. The summed E-state index contributed by atoms with van der Waals surface area (Å²) in [5.74, 6) is 1.61. The lowest BCUT2D eigenvalue weighted by Gasteiger charge is -2.29. The number of fused-ring (bicyclic) bond motifs is 1. The summed E-state index contributed by atoms with van der Waals surface area (Å²) >= 11 is 0. The summed E-state index contributed by atoms with van der Waals surface area (Å²) in [5.41, 5.74) is 9.77. The summed E-state index contributed by atoms with van der Waals surface area (Å²) < 4.78 is 1.75. The van der Waals surface area contributed by atoms with Crippen LogP contribution in [0, 0.1) is 12.8 Å². The average Bonchev–Trinajstić information content (AvgIpc) is 3.51. The molecule has 2 amide bonds. The number of aryl methyl sites for hydroxylation is 2. The second-order valence-corrected chi connectivity index (χ2v) is 9.22. The number of hydrogen-bond acceptors (Lipinski definition) is 7. The quantitative estimate of drug-likeness (QED) is 0.431. The van der Waals surface area contributed by atoms with Gasteiger partial charge in [-0.1, -0.05) is 0 Å². The Bertz CT molecular complexity index is 1510. The fourth-order valence-electron chi connectivity index (χ4n) is 4.60. The number of carbonyl (C=O) groups excluding carboxylic acids is 2. The number of carbonyl (C=O) groups is 2. The Labute approximate surface area is 201 Å². The zero-order chi connectivity index (χ0) is 24.3. The Morgan fingerprint density at radius 2 is 2.03 bits per heavy atom. The highest BCUT2D eigenvalue weighted by Crippen LogP contribution is 2.47. The third kappa shape index (κ3) is 3.76. The normalized spacial score (nSPS) is 19.0.